The summed E-state index contributed by atoms with van der Waals surface area (Å²) in [5.41, 5.74) is 4.58. The van der Waals surface area contributed by atoms with Gasteiger partial charge in [-0.25, -0.2) is 0 Å². The van der Waals surface area contributed by atoms with Crippen LogP contribution in [0.5, 0.6) is 0 Å². The molecule has 0 aromatic heterocycles. The maximum absolute atomic E-state index is 13.4. The first kappa shape index (κ1) is 22.1. The molecule has 3 nitrogen and oxygen atoms in total. The van der Waals surface area contributed by atoms with E-state index in [1.165, 1.54) is 5.56 Å². The molecule has 0 bridgehead atoms. The van der Waals surface area contributed by atoms with Crippen molar-refractivity contribution in [1.29, 1.82) is 0 Å². The van der Waals surface area contributed by atoms with Gasteiger partial charge in [-0.15, -0.1) is 0 Å². The van der Waals surface area contributed by atoms with Crippen LogP contribution in [0.25, 0.3) is 0 Å². The number of hydrogen-bond acceptors (Lipinski definition) is 2. The maximum atomic E-state index is 13.4. The van der Waals surface area contributed by atoms with Crippen LogP contribution >= 0.6 is 0 Å². The minimum absolute atomic E-state index is 0.0194. The van der Waals surface area contributed by atoms with E-state index in [0.717, 1.165) is 36.1 Å². The first-order valence-corrected chi connectivity index (χ1v) is 11.1. The molecule has 2 aromatic rings. The number of nitrogens with one attached hydrogen (secondary N) is 2. The van der Waals surface area contributed by atoms with Gasteiger partial charge in [0.05, 0.1) is 6.04 Å². The highest BCUT2D eigenvalue weighted by Gasteiger charge is 2.33. The fourth-order valence-electron chi connectivity index (χ4n) is 4.26. The Morgan fingerprint density at radius 2 is 1.43 bits per heavy atom. The summed E-state index contributed by atoms with van der Waals surface area (Å²) in [6.45, 7) is 11.1. The minimum atomic E-state index is -0.0194. The Kier molecular flexibility index (Phi) is 7.02. The standard InChI is InChI=1S/C27H36N2O/c1-19(21-12-8-6-9-13-21)28-25-17-16-23(27(3,4)5)18-24(25)26(30)29-20(2)22-14-10-7-11-15-22/h6-15,19-20,23,28H,16-18H2,1-5H3,(H,29,30). The Hall–Kier alpha value is -2.55. The van der Waals surface area contributed by atoms with Gasteiger partial charge in [-0.1, -0.05) is 81.4 Å². The van der Waals surface area contributed by atoms with E-state index >= 15 is 0 Å². The second-order valence-corrected chi connectivity index (χ2v) is 9.65. The minimum Gasteiger partial charge on any atom is -0.381 e. The third-order valence-corrected chi connectivity index (χ3v) is 6.39. The summed E-state index contributed by atoms with van der Waals surface area (Å²) < 4.78 is 0. The van der Waals surface area contributed by atoms with E-state index in [0.29, 0.717) is 5.92 Å². The molecule has 3 atom stereocenters. The number of amides is 1. The van der Waals surface area contributed by atoms with Crippen molar-refractivity contribution in [3.05, 3.63) is 83.1 Å². The Balaban J connectivity index is 1.83. The molecule has 0 saturated carbocycles. The second kappa shape index (κ2) is 9.51. The molecule has 2 N–H and O–H groups in total. The number of rotatable bonds is 6. The van der Waals surface area contributed by atoms with E-state index in [9.17, 15) is 4.79 Å². The van der Waals surface area contributed by atoms with E-state index in [2.05, 4.69) is 81.7 Å². The van der Waals surface area contributed by atoms with E-state index < -0.39 is 0 Å². The number of allylic oxidation sites excluding steroid dienone is 1. The first-order valence-electron chi connectivity index (χ1n) is 11.1. The summed E-state index contributed by atoms with van der Waals surface area (Å²) in [7, 11) is 0. The van der Waals surface area contributed by atoms with E-state index in [1.54, 1.807) is 0 Å². The van der Waals surface area contributed by atoms with Crippen LogP contribution in [0, 0.1) is 11.3 Å². The molecule has 0 spiro atoms. The molecule has 3 heteroatoms. The topological polar surface area (TPSA) is 41.1 Å². The van der Waals surface area contributed by atoms with Crippen LogP contribution in [0.3, 0.4) is 0 Å². The summed E-state index contributed by atoms with van der Waals surface area (Å²) in [6.07, 6.45) is 2.85. The van der Waals surface area contributed by atoms with Gasteiger partial charge in [-0.05, 0) is 55.6 Å². The van der Waals surface area contributed by atoms with Crippen molar-refractivity contribution in [1.82, 2.24) is 10.6 Å². The summed E-state index contributed by atoms with van der Waals surface area (Å²) >= 11 is 0. The molecule has 3 rings (SSSR count). The zero-order chi connectivity index (χ0) is 21.7. The molecular weight excluding hydrogens is 368 g/mol. The zero-order valence-corrected chi connectivity index (χ0v) is 19.0. The lowest BCUT2D eigenvalue weighted by Gasteiger charge is -2.37. The van der Waals surface area contributed by atoms with Crippen LogP contribution in [-0.4, -0.2) is 5.91 Å². The highest BCUT2D eigenvalue weighted by atomic mass is 16.1. The van der Waals surface area contributed by atoms with Crippen molar-refractivity contribution < 1.29 is 4.79 Å². The van der Waals surface area contributed by atoms with E-state index in [1.807, 2.05) is 24.3 Å². The van der Waals surface area contributed by atoms with Crippen molar-refractivity contribution in [3.8, 4) is 0 Å². The summed E-state index contributed by atoms with van der Waals surface area (Å²) in [5.74, 6) is 0.561. The highest BCUT2D eigenvalue weighted by Crippen LogP contribution is 2.40. The monoisotopic (exact) mass is 404 g/mol. The van der Waals surface area contributed by atoms with Crippen LogP contribution in [0.4, 0.5) is 0 Å². The molecule has 1 aliphatic rings. The summed E-state index contributed by atoms with van der Waals surface area (Å²) in [5, 5.41) is 6.91. The van der Waals surface area contributed by atoms with Gasteiger partial charge in [0, 0.05) is 17.3 Å². The van der Waals surface area contributed by atoms with E-state index in [-0.39, 0.29) is 23.4 Å². The summed E-state index contributed by atoms with van der Waals surface area (Å²) in [4.78, 5) is 13.4. The van der Waals surface area contributed by atoms with Crippen LogP contribution in [-0.2, 0) is 4.79 Å². The van der Waals surface area contributed by atoms with Crippen LogP contribution in [0.1, 0.15) is 77.1 Å². The van der Waals surface area contributed by atoms with Gasteiger partial charge < -0.3 is 10.6 Å². The van der Waals surface area contributed by atoms with Gasteiger partial charge in [-0.3, -0.25) is 4.79 Å². The Morgan fingerprint density at radius 3 is 1.97 bits per heavy atom. The molecule has 0 saturated heterocycles. The van der Waals surface area contributed by atoms with Gasteiger partial charge in [-0.2, -0.15) is 0 Å². The number of hydrogen-bond donors (Lipinski definition) is 2. The molecular formula is C27H36N2O. The SMILES string of the molecule is CC(NC(=O)C1=C(NC(C)c2ccccc2)CCC(C(C)(C)C)C1)c1ccccc1. The van der Waals surface area contributed by atoms with Crippen molar-refractivity contribution in [3.63, 3.8) is 0 Å². The summed E-state index contributed by atoms with van der Waals surface area (Å²) in [6, 6.07) is 20.7. The normalized spacial score (nSPS) is 19.2. The van der Waals surface area contributed by atoms with Gasteiger partial charge in [0.1, 0.15) is 0 Å². The molecule has 0 radical (unpaired) electrons. The van der Waals surface area contributed by atoms with Crippen LogP contribution < -0.4 is 10.6 Å². The molecule has 2 aromatic carbocycles. The highest BCUT2D eigenvalue weighted by molar-refractivity contribution is 5.94. The van der Waals surface area contributed by atoms with Gasteiger partial charge in [0.15, 0.2) is 0 Å². The van der Waals surface area contributed by atoms with Crippen LogP contribution in [0.15, 0.2) is 71.9 Å². The molecule has 0 fully saturated rings. The quantitative estimate of drug-likeness (QED) is 0.592. The van der Waals surface area contributed by atoms with Crippen LogP contribution in [0.2, 0.25) is 0 Å². The Bertz CT molecular complexity index is 865. The fourth-order valence-corrected chi connectivity index (χ4v) is 4.26. The fraction of sp³-hybridized carbons (Fsp3) is 0.444. The lowest BCUT2D eigenvalue weighted by atomic mass is 9.71. The lowest BCUT2D eigenvalue weighted by Crippen LogP contribution is -2.36. The molecule has 1 aliphatic carbocycles. The largest absolute Gasteiger partial charge is 0.381 e. The lowest BCUT2D eigenvalue weighted by molar-refractivity contribution is -0.118. The predicted octanol–water partition coefficient (Wildman–Crippen LogP) is 6.31. The molecule has 0 heterocycles. The predicted molar refractivity (Wildman–Crippen MR) is 125 cm³/mol. The van der Waals surface area contributed by atoms with Crippen molar-refractivity contribution in [2.24, 2.45) is 11.3 Å². The average molecular weight is 405 g/mol. The second-order valence-electron chi connectivity index (χ2n) is 9.65. The van der Waals surface area contributed by atoms with Gasteiger partial charge in [0.25, 0.3) is 0 Å². The molecule has 1 amide bonds. The zero-order valence-electron chi connectivity index (χ0n) is 19.0. The van der Waals surface area contributed by atoms with Crippen molar-refractivity contribution >= 4 is 5.91 Å². The average Bonchev–Trinajstić information content (AvgIpc) is 2.74. The molecule has 30 heavy (non-hydrogen) atoms. The van der Waals surface area contributed by atoms with E-state index in [4.69, 9.17) is 0 Å². The number of carbonyl (C=O) groups is 1. The number of benzene rings is 2. The molecule has 0 aliphatic heterocycles. The maximum Gasteiger partial charge on any atom is 0.249 e. The van der Waals surface area contributed by atoms with Crippen molar-refractivity contribution in [2.75, 3.05) is 0 Å². The Morgan fingerprint density at radius 1 is 0.900 bits per heavy atom. The first-order chi connectivity index (χ1) is 14.3. The smallest absolute Gasteiger partial charge is 0.249 e. The Labute approximate surface area is 182 Å². The third kappa shape index (κ3) is 5.53. The molecule has 3 unspecified atom stereocenters. The molecule has 160 valence electrons. The van der Waals surface area contributed by atoms with Crippen molar-refractivity contribution in [2.45, 2.75) is 66.0 Å². The third-order valence-electron chi connectivity index (χ3n) is 6.39. The van der Waals surface area contributed by atoms with Gasteiger partial charge >= 0.3 is 0 Å². The number of carbonyl (C=O) groups excluding carboxylic acids is 1. The van der Waals surface area contributed by atoms with Gasteiger partial charge in [0.2, 0.25) is 5.91 Å².